The van der Waals surface area contributed by atoms with Gasteiger partial charge in [-0.25, -0.2) is 9.97 Å². The van der Waals surface area contributed by atoms with Gasteiger partial charge in [0.1, 0.15) is 11.1 Å². The molecule has 1 fully saturated rings. The van der Waals surface area contributed by atoms with Gasteiger partial charge in [-0.2, -0.15) is 4.91 Å². The van der Waals surface area contributed by atoms with E-state index in [2.05, 4.69) is 52.3 Å². The lowest BCUT2D eigenvalue weighted by molar-refractivity contribution is 0.0951. The molecule has 0 bridgehead atoms. The van der Waals surface area contributed by atoms with E-state index in [9.17, 15) is 9.70 Å². The molecule has 0 unspecified atom stereocenters. The number of carbonyl (C=O) groups excluding carboxylic acids is 1. The number of imidazole rings is 1. The van der Waals surface area contributed by atoms with Crippen molar-refractivity contribution in [2.24, 2.45) is 5.18 Å². The van der Waals surface area contributed by atoms with Crippen LogP contribution in [0, 0.1) is 4.91 Å². The molecule has 0 atom stereocenters. The Labute approximate surface area is 165 Å². The van der Waals surface area contributed by atoms with E-state index in [-0.39, 0.29) is 12.5 Å². The van der Waals surface area contributed by atoms with E-state index >= 15 is 0 Å². The minimum Gasteiger partial charge on any atom is -0.349 e. The summed E-state index contributed by atoms with van der Waals surface area (Å²) in [5.74, 6) is -0.0679. The highest BCUT2D eigenvalue weighted by molar-refractivity contribution is 9.11. The first-order valence-electron chi connectivity index (χ1n) is 8.00. The van der Waals surface area contributed by atoms with Gasteiger partial charge in [-0.3, -0.25) is 9.20 Å². The van der Waals surface area contributed by atoms with Gasteiger partial charge >= 0.3 is 0 Å². The molecule has 26 heavy (non-hydrogen) atoms. The molecule has 2 heterocycles. The summed E-state index contributed by atoms with van der Waals surface area (Å²) in [5.41, 5.74) is 3.34. The molecule has 1 N–H and O–H groups in total. The van der Waals surface area contributed by atoms with E-state index in [1.807, 2.05) is 16.5 Å². The Kier molecular flexibility index (Phi) is 4.58. The summed E-state index contributed by atoms with van der Waals surface area (Å²) in [6.07, 6.45) is 3.88. The Morgan fingerprint density at radius 2 is 1.96 bits per heavy atom. The van der Waals surface area contributed by atoms with Crippen LogP contribution in [0.1, 0.15) is 28.9 Å². The molecular weight excluding hydrogens is 466 g/mol. The Balaban J connectivity index is 1.78. The summed E-state index contributed by atoms with van der Waals surface area (Å²) >= 11 is 6.76. The average molecular weight is 479 g/mol. The molecule has 0 saturated heterocycles. The second kappa shape index (κ2) is 6.88. The van der Waals surface area contributed by atoms with Crippen molar-refractivity contribution in [3.05, 3.63) is 55.8 Å². The normalized spacial score (nSPS) is 13.8. The minimum atomic E-state index is -0.0679. The molecule has 0 radical (unpaired) electrons. The number of nitroso groups, excluding NO2 is 1. The number of hydrogen-bond acceptors (Lipinski definition) is 5. The number of rotatable bonds is 5. The van der Waals surface area contributed by atoms with Crippen LogP contribution in [-0.4, -0.2) is 26.3 Å². The van der Waals surface area contributed by atoms with Gasteiger partial charge in [0.2, 0.25) is 0 Å². The summed E-state index contributed by atoms with van der Waals surface area (Å²) in [7, 11) is 0. The smallest absolute Gasteiger partial charge is 0.251 e. The lowest BCUT2D eigenvalue weighted by Crippen LogP contribution is -2.25. The number of nitrogens with zero attached hydrogens (tertiary/aromatic N) is 4. The van der Waals surface area contributed by atoms with Crippen molar-refractivity contribution in [1.82, 2.24) is 19.7 Å². The fourth-order valence-electron chi connectivity index (χ4n) is 2.78. The molecule has 2 aromatic heterocycles. The highest BCUT2D eigenvalue weighted by Crippen LogP contribution is 2.30. The fourth-order valence-corrected chi connectivity index (χ4v) is 3.87. The van der Waals surface area contributed by atoms with E-state index in [1.165, 1.54) is 0 Å². The summed E-state index contributed by atoms with van der Waals surface area (Å²) in [6, 6.07) is 7.56. The Morgan fingerprint density at radius 1 is 1.23 bits per heavy atom. The van der Waals surface area contributed by atoms with E-state index in [0.717, 1.165) is 24.1 Å². The highest BCUT2D eigenvalue weighted by atomic mass is 79.9. The average Bonchev–Trinajstić information content (AvgIpc) is 3.35. The number of benzene rings is 1. The maximum absolute atomic E-state index is 12.2. The first kappa shape index (κ1) is 17.3. The summed E-state index contributed by atoms with van der Waals surface area (Å²) in [5, 5.41) is 5.95. The fraction of sp³-hybridized carbons (Fsp3) is 0.235. The zero-order valence-corrected chi connectivity index (χ0v) is 16.6. The van der Waals surface area contributed by atoms with Crippen molar-refractivity contribution in [2.45, 2.75) is 25.4 Å². The standard InChI is InChI=1S/C17H13Br2N5O2/c18-13-8-24-14(12(7-20-26)22-16(24)15(19)23-13)9-1-3-10(4-2-9)17(25)21-11-5-6-11/h1-4,8,11H,5-7H2,(H,21,25). The lowest BCUT2D eigenvalue weighted by Gasteiger charge is -2.07. The van der Waals surface area contributed by atoms with Gasteiger partial charge in [-0.05, 0) is 56.8 Å². The maximum atomic E-state index is 12.2. The lowest BCUT2D eigenvalue weighted by atomic mass is 10.1. The van der Waals surface area contributed by atoms with Gasteiger partial charge in [0.25, 0.3) is 5.91 Å². The van der Waals surface area contributed by atoms with Crippen LogP contribution in [0.3, 0.4) is 0 Å². The van der Waals surface area contributed by atoms with Crippen molar-refractivity contribution in [2.75, 3.05) is 0 Å². The Bertz CT molecular complexity index is 1010. The molecule has 1 aromatic carbocycles. The largest absolute Gasteiger partial charge is 0.349 e. The number of hydrogen-bond donors (Lipinski definition) is 1. The van der Waals surface area contributed by atoms with Crippen LogP contribution in [0.2, 0.25) is 0 Å². The number of fused-ring (bicyclic) bond motifs is 1. The van der Waals surface area contributed by atoms with E-state index < -0.39 is 0 Å². The van der Waals surface area contributed by atoms with E-state index in [1.54, 1.807) is 18.3 Å². The predicted molar refractivity (Wildman–Crippen MR) is 104 cm³/mol. The molecule has 1 aliphatic carbocycles. The number of aromatic nitrogens is 3. The highest BCUT2D eigenvalue weighted by Gasteiger charge is 2.24. The van der Waals surface area contributed by atoms with Crippen molar-refractivity contribution in [1.29, 1.82) is 0 Å². The molecule has 1 aliphatic rings. The molecular formula is C17H13Br2N5O2. The number of nitrogens with one attached hydrogen (secondary N) is 1. The molecule has 1 saturated carbocycles. The van der Waals surface area contributed by atoms with Gasteiger partial charge in [0.15, 0.2) is 10.3 Å². The Hall–Kier alpha value is -2.13. The molecule has 0 aliphatic heterocycles. The van der Waals surface area contributed by atoms with E-state index in [0.29, 0.717) is 32.2 Å². The molecule has 3 aromatic rings. The zero-order chi connectivity index (χ0) is 18.3. The topological polar surface area (TPSA) is 88.7 Å². The van der Waals surface area contributed by atoms with Crippen LogP contribution >= 0.6 is 31.9 Å². The zero-order valence-electron chi connectivity index (χ0n) is 13.4. The third kappa shape index (κ3) is 3.28. The first-order valence-corrected chi connectivity index (χ1v) is 9.59. The molecule has 132 valence electrons. The monoisotopic (exact) mass is 477 g/mol. The van der Waals surface area contributed by atoms with Crippen molar-refractivity contribution >= 4 is 43.4 Å². The van der Waals surface area contributed by atoms with E-state index in [4.69, 9.17) is 0 Å². The minimum absolute atomic E-state index is 0.0506. The van der Waals surface area contributed by atoms with Crippen LogP contribution in [0.25, 0.3) is 16.9 Å². The number of halogens is 2. The predicted octanol–water partition coefficient (Wildman–Crippen LogP) is 4.08. The second-order valence-electron chi connectivity index (χ2n) is 6.07. The van der Waals surface area contributed by atoms with Crippen molar-refractivity contribution in [3.63, 3.8) is 0 Å². The SMILES string of the molecule is O=NCc1nc2c(Br)nc(Br)cn2c1-c1ccc(C(=O)NC2CC2)cc1. The van der Waals surface area contributed by atoms with Crippen LogP contribution in [0.5, 0.6) is 0 Å². The van der Waals surface area contributed by atoms with Gasteiger partial charge < -0.3 is 5.32 Å². The van der Waals surface area contributed by atoms with Crippen molar-refractivity contribution in [3.8, 4) is 11.3 Å². The van der Waals surface area contributed by atoms with Crippen LogP contribution in [0.15, 0.2) is 44.8 Å². The van der Waals surface area contributed by atoms with Gasteiger partial charge in [-0.15, -0.1) is 0 Å². The van der Waals surface area contributed by atoms with Crippen LogP contribution in [0.4, 0.5) is 0 Å². The quantitative estimate of drug-likeness (QED) is 0.559. The Morgan fingerprint density at radius 3 is 2.62 bits per heavy atom. The molecule has 4 rings (SSSR count). The molecule has 7 nitrogen and oxygen atoms in total. The van der Waals surface area contributed by atoms with Gasteiger partial charge in [0.05, 0.1) is 11.4 Å². The third-order valence-electron chi connectivity index (χ3n) is 4.16. The number of carbonyl (C=O) groups is 1. The van der Waals surface area contributed by atoms with Crippen molar-refractivity contribution < 1.29 is 4.79 Å². The molecule has 9 heteroatoms. The first-order chi connectivity index (χ1) is 12.6. The van der Waals surface area contributed by atoms with Gasteiger partial charge in [-0.1, -0.05) is 17.3 Å². The summed E-state index contributed by atoms with van der Waals surface area (Å²) in [4.78, 5) is 31.8. The second-order valence-corrected chi connectivity index (χ2v) is 7.63. The molecule has 1 amide bonds. The summed E-state index contributed by atoms with van der Waals surface area (Å²) in [6.45, 7) is -0.0506. The third-order valence-corrected chi connectivity index (χ3v) is 5.07. The number of amides is 1. The van der Waals surface area contributed by atoms with Crippen LogP contribution < -0.4 is 5.32 Å². The molecule has 0 spiro atoms. The maximum Gasteiger partial charge on any atom is 0.251 e. The van der Waals surface area contributed by atoms with Gasteiger partial charge in [0, 0.05) is 23.4 Å². The van der Waals surface area contributed by atoms with Crippen LogP contribution in [-0.2, 0) is 6.54 Å². The summed E-state index contributed by atoms with van der Waals surface area (Å²) < 4.78 is 3.04.